The molecule has 0 aliphatic carbocycles. The van der Waals surface area contributed by atoms with E-state index >= 15 is 0 Å². The van der Waals surface area contributed by atoms with Crippen LogP contribution in [-0.4, -0.2) is 24.2 Å². The summed E-state index contributed by atoms with van der Waals surface area (Å²) in [6, 6.07) is 12.7. The van der Waals surface area contributed by atoms with Crippen LogP contribution in [0.25, 0.3) is 0 Å². The molecule has 0 spiro atoms. The van der Waals surface area contributed by atoms with Crippen molar-refractivity contribution in [1.29, 1.82) is 0 Å². The summed E-state index contributed by atoms with van der Waals surface area (Å²) >= 11 is 10.9. The number of nitrogens with one attached hydrogen (secondary N) is 1. The van der Waals surface area contributed by atoms with Gasteiger partial charge in [0.2, 0.25) is 5.91 Å². The third-order valence-corrected chi connectivity index (χ3v) is 5.02. The van der Waals surface area contributed by atoms with Gasteiger partial charge in [0.25, 0.3) is 0 Å². The Kier molecular flexibility index (Phi) is 7.81. The summed E-state index contributed by atoms with van der Waals surface area (Å²) in [5, 5.41) is 3.06. The second-order valence-corrected chi connectivity index (χ2v) is 7.39. The highest BCUT2D eigenvalue weighted by Crippen LogP contribution is 2.22. The van der Waals surface area contributed by atoms with E-state index in [2.05, 4.69) is 21.2 Å². The molecule has 0 fully saturated rings. The number of halogens is 2. The molecule has 132 valence electrons. The molecule has 0 saturated carbocycles. The van der Waals surface area contributed by atoms with Gasteiger partial charge in [0.05, 0.1) is 22.9 Å². The summed E-state index contributed by atoms with van der Waals surface area (Å²) < 4.78 is 5.97. The molecule has 2 aromatic rings. The normalized spacial score (nSPS) is 10.4. The van der Waals surface area contributed by atoms with Gasteiger partial charge in [0.15, 0.2) is 0 Å². The Balaban J connectivity index is 1.88. The van der Waals surface area contributed by atoms with Crippen LogP contribution in [0.3, 0.4) is 0 Å². The first-order chi connectivity index (χ1) is 12.0. The van der Waals surface area contributed by atoms with Gasteiger partial charge in [-0.05, 0) is 42.8 Å². The zero-order valence-electron chi connectivity index (χ0n) is 13.6. The fraction of sp³-hybridized carbons (Fsp3) is 0.222. The van der Waals surface area contributed by atoms with E-state index in [0.29, 0.717) is 16.5 Å². The highest BCUT2D eigenvalue weighted by Gasteiger charge is 2.13. The van der Waals surface area contributed by atoms with Crippen LogP contribution in [-0.2, 0) is 15.3 Å². The Hall–Kier alpha value is -1.50. The summed E-state index contributed by atoms with van der Waals surface area (Å²) in [4.78, 5) is 23.9. The smallest absolute Gasteiger partial charge is 0.339 e. The second kappa shape index (κ2) is 9.85. The molecule has 0 aliphatic rings. The summed E-state index contributed by atoms with van der Waals surface area (Å²) in [5.41, 5.74) is 1.91. The molecule has 7 heteroatoms. The number of esters is 1. The number of thioether (sulfide) groups is 1. The Morgan fingerprint density at radius 2 is 1.92 bits per heavy atom. The molecule has 0 atom stereocenters. The maximum absolute atomic E-state index is 12.1. The molecular weight excluding hydrogens is 426 g/mol. The van der Waals surface area contributed by atoms with Gasteiger partial charge in [0.1, 0.15) is 0 Å². The minimum absolute atomic E-state index is 0.140. The van der Waals surface area contributed by atoms with Crippen molar-refractivity contribution in [2.45, 2.75) is 12.7 Å². The van der Waals surface area contributed by atoms with Crippen LogP contribution in [0.4, 0.5) is 5.69 Å². The molecule has 0 aromatic heterocycles. The van der Waals surface area contributed by atoms with Crippen molar-refractivity contribution < 1.29 is 14.3 Å². The first-order valence-corrected chi connectivity index (χ1v) is 9.91. The molecule has 25 heavy (non-hydrogen) atoms. The number of hydrogen-bond acceptors (Lipinski definition) is 4. The van der Waals surface area contributed by atoms with E-state index in [1.165, 1.54) is 17.8 Å². The van der Waals surface area contributed by atoms with Crippen LogP contribution >= 0.6 is 39.3 Å². The van der Waals surface area contributed by atoms with Gasteiger partial charge in [-0.2, -0.15) is 0 Å². The summed E-state index contributed by atoms with van der Waals surface area (Å²) in [5.74, 6) is 0.412. The lowest BCUT2D eigenvalue weighted by Crippen LogP contribution is -2.15. The van der Waals surface area contributed by atoms with E-state index in [9.17, 15) is 9.59 Å². The lowest BCUT2D eigenvalue weighted by molar-refractivity contribution is -0.113. The maximum Gasteiger partial charge on any atom is 0.339 e. The van der Waals surface area contributed by atoms with Gasteiger partial charge in [-0.15, -0.1) is 11.8 Å². The van der Waals surface area contributed by atoms with Gasteiger partial charge in [-0.1, -0.05) is 39.7 Å². The molecule has 4 nitrogen and oxygen atoms in total. The van der Waals surface area contributed by atoms with E-state index in [1.54, 1.807) is 19.1 Å². The topological polar surface area (TPSA) is 55.4 Å². The minimum Gasteiger partial charge on any atom is -0.462 e. The van der Waals surface area contributed by atoms with Gasteiger partial charge in [-0.3, -0.25) is 4.79 Å². The average Bonchev–Trinajstić information content (AvgIpc) is 2.58. The Morgan fingerprint density at radius 1 is 1.20 bits per heavy atom. The van der Waals surface area contributed by atoms with Gasteiger partial charge in [-0.25, -0.2) is 4.79 Å². The van der Waals surface area contributed by atoms with Crippen LogP contribution in [0.5, 0.6) is 0 Å². The van der Waals surface area contributed by atoms with Crippen molar-refractivity contribution in [2.75, 3.05) is 17.7 Å². The lowest BCUT2D eigenvalue weighted by atomic mass is 10.2. The Morgan fingerprint density at radius 3 is 2.60 bits per heavy atom. The van der Waals surface area contributed by atoms with E-state index in [0.717, 1.165) is 15.8 Å². The lowest BCUT2D eigenvalue weighted by Gasteiger charge is -2.09. The van der Waals surface area contributed by atoms with Crippen LogP contribution < -0.4 is 5.32 Å². The number of anilines is 1. The van der Waals surface area contributed by atoms with E-state index in [4.69, 9.17) is 16.3 Å². The number of benzene rings is 2. The van der Waals surface area contributed by atoms with Crippen molar-refractivity contribution in [3.63, 3.8) is 0 Å². The molecule has 0 heterocycles. The standard InChI is InChI=1S/C18H17BrClNO3S/c1-2-24-18(23)15-9-14(7-8-16(15)20)21-17(22)11-25-10-12-3-5-13(19)6-4-12/h3-9H,2,10-11H2,1H3,(H,21,22). The zero-order valence-corrected chi connectivity index (χ0v) is 16.7. The number of carbonyl (C=O) groups is 2. The third-order valence-electron chi connectivity index (χ3n) is 3.16. The van der Waals surface area contributed by atoms with Crippen LogP contribution in [0.1, 0.15) is 22.8 Å². The van der Waals surface area contributed by atoms with Crippen molar-refractivity contribution >= 4 is 56.9 Å². The minimum atomic E-state index is -0.506. The van der Waals surface area contributed by atoms with Gasteiger partial charge in [0, 0.05) is 15.9 Å². The number of carbonyl (C=O) groups excluding carboxylic acids is 2. The van der Waals surface area contributed by atoms with Crippen molar-refractivity contribution in [3.05, 3.63) is 63.1 Å². The van der Waals surface area contributed by atoms with Gasteiger partial charge >= 0.3 is 5.97 Å². The average molecular weight is 443 g/mol. The fourth-order valence-electron chi connectivity index (χ4n) is 2.01. The summed E-state index contributed by atoms with van der Waals surface area (Å²) in [6.07, 6.45) is 0. The largest absolute Gasteiger partial charge is 0.462 e. The molecule has 0 bridgehead atoms. The zero-order chi connectivity index (χ0) is 18.2. The predicted molar refractivity (Wildman–Crippen MR) is 106 cm³/mol. The predicted octanol–water partition coefficient (Wildman–Crippen LogP) is 5.15. The molecule has 1 N–H and O–H groups in total. The Labute approximate surface area is 164 Å². The summed E-state index contributed by atoms with van der Waals surface area (Å²) in [6.45, 7) is 1.98. The van der Waals surface area contributed by atoms with Crippen LogP contribution in [0.2, 0.25) is 5.02 Å². The molecule has 0 unspecified atom stereocenters. The molecule has 2 rings (SSSR count). The van der Waals surface area contributed by atoms with E-state index in [1.807, 2.05) is 24.3 Å². The number of rotatable bonds is 7. The second-order valence-electron chi connectivity index (χ2n) is 5.08. The van der Waals surface area contributed by atoms with E-state index in [-0.39, 0.29) is 18.1 Å². The molecule has 2 aromatic carbocycles. The molecule has 0 radical (unpaired) electrons. The molecule has 0 saturated heterocycles. The number of hydrogen-bond donors (Lipinski definition) is 1. The highest BCUT2D eigenvalue weighted by molar-refractivity contribution is 9.10. The first-order valence-electron chi connectivity index (χ1n) is 7.58. The van der Waals surface area contributed by atoms with Crippen LogP contribution in [0, 0.1) is 0 Å². The number of amides is 1. The van der Waals surface area contributed by atoms with E-state index < -0.39 is 5.97 Å². The van der Waals surface area contributed by atoms with Crippen molar-refractivity contribution in [2.24, 2.45) is 0 Å². The highest BCUT2D eigenvalue weighted by atomic mass is 79.9. The maximum atomic E-state index is 12.1. The van der Waals surface area contributed by atoms with Crippen molar-refractivity contribution in [3.8, 4) is 0 Å². The SMILES string of the molecule is CCOC(=O)c1cc(NC(=O)CSCc2ccc(Br)cc2)ccc1Cl. The number of ether oxygens (including phenoxy) is 1. The molecular formula is C18H17BrClNO3S. The van der Waals surface area contributed by atoms with Crippen molar-refractivity contribution in [1.82, 2.24) is 0 Å². The first kappa shape index (κ1) is 19.8. The van der Waals surface area contributed by atoms with Crippen LogP contribution in [0.15, 0.2) is 46.9 Å². The molecule has 1 amide bonds. The van der Waals surface area contributed by atoms with Gasteiger partial charge < -0.3 is 10.1 Å². The third kappa shape index (κ3) is 6.38. The molecule has 0 aliphatic heterocycles. The monoisotopic (exact) mass is 441 g/mol. The quantitative estimate of drug-likeness (QED) is 0.602. The summed E-state index contributed by atoms with van der Waals surface area (Å²) in [7, 11) is 0. The Bertz CT molecular complexity index is 752. The fourth-order valence-corrected chi connectivity index (χ4v) is 3.25.